The van der Waals surface area contributed by atoms with Crippen LogP contribution in [0.2, 0.25) is 0 Å². The van der Waals surface area contributed by atoms with Crippen LogP contribution < -0.4 is 0 Å². The van der Waals surface area contributed by atoms with Crippen LogP contribution in [-0.2, 0) is 11.3 Å². The molecular weight excluding hydrogens is 314 g/mol. The van der Waals surface area contributed by atoms with Crippen molar-refractivity contribution in [2.75, 3.05) is 45.8 Å². The van der Waals surface area contributed by atoms with Gasteiger partial charge in [0.05, 0.1) is 17.6 Å². The fourth-order valence-corrected chi connectivity index (χ4v) is 3.34. The number of carbonyl (C=O) groups is 1. The summed E-state index contributed by atoms with van der Waals surface area (Å²) in [4.78, 5) is 27.5. The van der Waals surface area contributed by atoms with Crippen LogP contribution in [0.4, 0.5) is 0 Å². The number of fused-ring (bicyclic) bond motifs is 1. The molecule has 1 amide bonds. The average Bonchev–Trinajstić information content (AvgIpc) is 2.64. The van der Waals surface area contributed by atoms with E-state index < -0.39 is 0 Å². The molecule has 2 heterocycles. The van der Waals surface area contributed by atoms with Crippen molar-refractivity contribution >= 4 is 16.9 Å². The van der Waals surface area contributed by atoms with Gasteiger partial charge in [0, 0.05) is 58.2 Å². The van der Waals surface area contributed by atoms with Crippen molar-refractivity contribution < 1.29 is 4.79 Å². The predicted molar refractivity (Wildman–Crippen MR) is 99.2 cm³/mol. The highest BCUT2D eigenvalue weighted by Crippen LogP contribution is 2.14. The Hall–Kier alpha value is -2.05. The van der Waals surface area contributed by atoms with E-state index in [1.54, 1.807) is 12.4 Å². The molecule has 3 rings (SSSR count). The van der Waals surface area contributed by atoms with E-state index in [0.717, 1.165) is 56.8 Å². The molecular formula is C19H27N5O. The molecule has 1 aliphatic rings. The van der Waals surface area contributed by atoms with Gasteiger partial charge in [0.1, 0.15) is 0 Å². The van der Waals surface area contributed by atoms with Crippen molar-refractivity contribution in [2.24, 2.45) is 0 Å². The number of rotatable bonds is 6. The molecule has 0 N–H and O–H groups in total. The van der Waals surface area contributed by atoms with E-state index >= 15 is 0 Å². The first-order chi connectivity index (χ1) is 12.2. The van der Waals surface area contributed by atoms with Crippen molar-refractivity contribution in [1.29, 1.82) is 0 Å². The molecule has 1 fully saturated rings. The summed E-state index contributed by atoms with van der Waals surface area (Å²) in [6, 6.07) is 6.29. The zero-order valence-electron chi connectivity index (χ0n) is 15.2. The van der Waals surface area contributed by atoms with E-state index in [1.165, 1.54) is 5.56 Å². The highest BCUT2D eigenvalue weighted by molar-refractivity contribution is 5.78. The lowest BCUT2D eigenvalue weighted by atomic mass is 10.1. The van der Waals surface area contributed by atoms with Crippen LogP contribution in [-0.4, -0.2) is 76.4 Å². The van der Waals surface area contributed by atoms with Crippen LogP contribution in [0.15, 0.2) is 30.6 Å². The standard InChI is InChI=1S/C19H27N5O/c1-3-24(4-2)19(25)15-23-11-9-22(10-12-23)14-16-5-6-17-18(13-16)21-8-7-20-17/h5-8,13H,3-4,9-12,14-15H2,1-2H3. The Labute approximate surface area is 149 Å². The summed E-state index contributed by atoms with van der Waals surface area (Å²) in [5.74, 6) is 0.242. The Morgan fingerprint density at radius 2 is 1.64 bits per heavy atom. The molecule has 134 valence electrons. The van der Waals surface area contributed by atoms with Gasteiger partial charge in [-0.1, -0.05) is 6.07 Å². The normalized spacial score (nSPS) is 16.2. The molecule has 0 spiro atoms. The molecule has 6 heteroatoms. The Bertz CT molecular complexity index is 708. The summed E-state index contributed by atoms with van der Waals surface area (Å²) in [5.41, 5.74) is 3.15. The second kappa shape index (κ2) is 8.36. The molecule has 1 aromatic carbocycles. The third-order valence-corrected chi connectivity index (χ3v) is 4.88. The molecule has 2 aromatic rings. The molecule has 6 nitrogen and oxygen atoms in total. The van der Waals surface area contributed by atoms with Gasteiger partial charge in [0.25, 0.3) is 0 Å². The zero-order valence-corrected chi connectivity index (χ0v) is 15.2. The second-order valence-electron chi connectivity index (χ2n) is 6.50. The summed E-state index contributed by atoms with van der Waals surface area (Å²) in [5, 5.41) is 0. The Kier molecular flexibility index (Phi) is 5.94. The van der Waals surface area contributed by atoms with Crippen molar-refractivity contribution in [3.63, 3.8) is 0 Å². The monoisotopic (exact) mass is 341 g/mol. The number of benzene rings is 1. The number of piperazine rings is 1. The zero-order chi connectivity index (χ0) is 17.6. The van der Waals surface area contributed by atoms with Crippen LogP contribution in [0.5, 0.6) is 0 Å². The van der Waals surface area contributed by atoms with Crippen molar-refractivity contribution in [3.8, 4) is 0 Å². The van der Waals surface area contributed by atoms with Crippen LogP contribution >= 0.6 is 0 Å². The highest BCUT2D eigenvalue weighted by atomic mass is 16.2. The van der Waals surface area contributed by atoms with E-state index in [9.17, 15) is 4.79 Å². The molecule has 1 aliphatic heterocycles. The number of likely N-dealkylation sites (N-methyl/N-ethyl adjacent to an activating group) is 1. The molecule has 0 atom stereocenters. The first-order valence-electron chi connectivity index (χ1n) is 9.11. The van der Waals surface area contributed by atoms with Gasteiger partial charge in [-0.2, -0.15) is 0 Å². The molecule has 0 bridgehead atoms. The molecule has 0 aliphatic carbocycles. The molecule has 25 heavy (non-hydrogen) atoms. The second-order valence-corrected chi connectivity index (χ2v) is 6.50. The van der Waals surface area contributed by atoms with E-state index in [2.05, 4.69) is 31.9 Å². The number of aromatic nitrogens is 2. The Morgan fingerprint density at radius 3 is 2.32 bits per heavy atom. The number of hydrogen-bond donors (Lipinski definition) is 0. The van der Waals surface area contributed by atoms with Gasteiger partial charge >= 0.3 is 0 Å². The van der Waals surface area contributed by atoms with E-state index in [0.29, 0.717) is 6.54 Å². The Balaban J connectivity index is 1.51. The third kappa shape index (κ3) is 4.52. The molecule has 1 saturated heterocycles. The minimum absolute atomic E-state index is 0.242. The minimum Gasteiger partial charge on any atom is -0.342 e. The molecule has 0 unspecified atom stereocenters. The van der Waals surface area contributed by atoms with Crippen molar-refractivity contribution in [3.05, 3.63) is 36.2 Å². The lowest BCUT2D eigenvalue weighted by Crippen LogP contribution is -2.49. The first kappa shape index (κ1) is 17.8. The maximum Gasteiger partial charge on any atom is 0.236 e. The van der Waals surface area contributed by atoms with Gasteiger partial charge in [-0.25, -0.2) is 0 Å². The van der Waals surface area contributed by atoms with Crippen LogP contribution in [0, 0.1) is 0 Å². The fourth-order valence-electron chi connectivity index (χ4n) is 3.34. The van der Waals surface area contributed by atoms with Gasteiger partial charge in [0.15, 0.2) is 0 Å². The maximum atomic E-state index is 12.2. The molecule has 0 saturated carbocycles. The van der Waals surface area contributed by atoms with Crippen LogP contribution in [0.25, 0.3) is 11.0 Å². The topological polar surface area (TPSA) is 52.6 Å². The van der Waals surface area contributed by atoms with Crippen LogP contribution in [0.3, 0.4) is 0 Å². The quantitative estimate of drug-likeness (QED) is 0.799. The van der Waals surface area contributed by atoms with E-state index in [1.807, 2.05) is 24.8 Å². The number of carbonyl (C=O) groups excluding carboxylic acids is 1. The summed E-state index contributed by atoms with van der Waals surface area (Å²) >= 11 is 0. The van der Waals surface area contributed by atoms with Gasteiger partial charge in [-0.05, 0) is 31.5 Å². The lowest BCUT2D eigenvalue weighted by molar-refractivity contribution is -0.132. The maximum absolute atomic E-state index is 12.2. The van der Waals surface area contributed by atoms with Crippen molar-refractivity contribution in [2.45, 2.75) is 20.4 Å². The minimum atomic E-state index is 0.242. The number of amides is 1. The predicted octanol–water partition coefficient (Wildman–Crippen LogP) is 1.62. The molecule has 1 aromatic heterocycles. The smallest absolute Gasteiger partial charge is 0.236 e. The van der Waals surface area contributed by atoms with E-state index in [-0.39, 0.29) is 5.91 Å². The van der Waals surface area contributed by atoms with Gasteiger partial charge in [-0.3, -0.25) is 24.6 Å². The summed E-state index contributed by atoms with van der Waals surface area (Å²) in [7, 11) is 0. The summed E-state index contributed by atoms with van der Waals surface area (Å²) in [6.07, 6.45) is 3.46. The third-order valence-electron chi connectivity index (χ3n) is 4.88. The summed E-state index contributed by atoms with van der Waals surface area (Å²) in [6.45, 7) is 11.0. The molecule has 0 radical (unpaired) electrons. The number of nitrogens with zero attached hydrogens (tertiary/aromatic N) is 5. The fraction of sp³-hybridized carbons (Fsp3) is 0.526. The lowest BCUT2D eigenvalue weighted by Gasteiger charge is -2.35. The Morgan fingerprint density at radius 1 is 1.00 bits per heavy atom. The first-order valence-corrected chi connectivity index (χ1v) is 9.11. The largest absolute Gasteiger partial charge is 0.342 e. The highest BCUT2D eigenvalue weighted by Gasteiger charge is 2.20. The average molecular weight is 341 g/mol. The van der Waals surface area contributed by atoms with Crippen LogP contribution in [0.1, 0.15) is 19.4 Å². The van der Waals surface area contributed by atoms with E-state index in [4.69, 9.17) is 0 Å². The van der Waals surface area contributed by atoms with Gasteiger partial charge in [0.2, 0.25) is 5.91 Å². The SMILES string of the molecule is CCN(CC)C(=O)CN1CCN(Cc2ccc3nccnc3c2)CC1. The van der Waals surface area contributed by atoms with Crippen molar-refractivity contribution in [1.82, 2.24) is 24.7 Å². The number of hydrogen-bond acceptors (Lipinski definition) is 5. The van der Waals surface area contributed by atoms with Gasteiger partial charge in [-0.15, -0.1) is 0 Å². The summed E-state index contributed by atoms with van der Waals surface area (Å²) < 4.78 is 0. The van der Waals surface area contributed by atoms with Gasteiger partial charge < -0.3 is 4.90 Å².